The number of nitrogens with one attached hydrogen (secondary N) is 1. The fraction of sp³-hybridized carbons (Fsp3) is 0.692. The van der Waals surface area contributed by atoms with Gasteiger partial charge in [-0.25, -0.2) is 0 Å². The Morgan fingerprint density at radius 1 is 1.56 bits per heavy atom. The van der Waals surface area contributed by atoms with Crippen LogP contribution in [0, 0.1) is 5.92 Å². The fourth-order valence-corrected chi connectivity index (χ4v) is 4.04. The van der Waals surface area contributed by atoms with Gasteiger partial charge in [0.25, 0.3) is 0 Å². The molecule has 1 nitrogen and oxygen atoms in total. The van der Waals surface area contributed by atoms with Gasteiger partial charge in [-0.2, -0.15) is 0 Å². The van der Waals surface area contributed by atoms with Gasteiger partial charge in [-0.1, -0.05) is 25.4 Å². The van der Waals surface area contributed by atoms with E-state index in [1.54, 1.807) is 11.3 Å². The van der Waals surface area contributed by atoms with Crippen molar-refractivity contribution in [2.75, 3.05) is 6.54 Å². The van der Waals surface area contributed by atoms with Gasteiger partial charge in [-0.15, -0.1) is 11.3 Å². The van der Waals surface area contributed by atoms with Crippen LogP contribution >= 0.6 is 22.9 Å². The predicted octanol–water partition coefficient (Wildman–Crippen LogP) is 4.11. The number of halogens is 1. The molecule has 1 aliphatic rings. The Morgan fingerprint density at radius 3 is 2.88 bits per heavy atom. The van der Waals surface area contributed by atoms with Crippen molar-refractivity contribution in [3.05, 3.63) is 21.3 Å². The van der Waals surface area contributed by atoms with Gasteiger partial charge < -0.3 is 5.32 Å². The van der Waals surface area contributed by atoms with Gasteiger partial charge in [0.1, 0.15) is 0 Å². The van der Waals surface area contributed by atoms with Crippen molar-refractivity contribution >= 4 is 22.9 Å². The Hall–Kier alpha value is -0.0500. The van der Waals surface area contributed by atoms with E-state index in [4.69, 9.17) is 11.6 Å². The summed E-state index contributed by atoms with van der Waals surface area (Å²) >= 11 is 7.78. The van der Waals surface area contributed by atoms with Crippen molar-refractivity contribution in [1.82, 2.24) is 5.32 Å². The van der Waals surface area contributed by atoms with Gasteiger partial charge >= 0.3 is 0 Å². The monoisotopic (exact) mass is 257 g/mol. The second-order valence-electron chi connectivity index (χ2n) is 5.32. The van der Waals surface area contributed by atoms with Gasteiger partial charge in [0, 0.05) is 22.2 Å². The first-order chi connectivity index (χ1) is 7.60. The Bertz CT molecular complexity index is 339. The minimum absolute atomic E-state index is 0.336. The summed E-state index contributed by atoms with van der Waals surface area (Å²) in [6.45, 7) is 5.79. The van der Waals surface area contributed by atoms with Crippen molar-refractivity contribution in [1.29, 1.82) is 0 Å². The second kappa shape index (κ2) is 5.07. The summed E-state index contributed by atoms with van der Waals surface area (Å²) < 4.78 is 0. The van der Waals surface area contributed by atoms with Crippen LogP contribution in [-0.4, -0.2) is 12.1 Å². The van der Waals surface area contributed by atoms with Crippen molar-refractivity contribution in [3.63, 3.8) is 0 Å². The van der Waals surface area contributed by atoms with Gasteiger partial charge in [-0.3, -0.25) is 0 Å². The second-order valence-corrected chi connectivity index (χ2v) is 6.75. The van der Waals surface area contributed by atoms with Gasteiger partial charge in [0.2, 0.25) is 0 Å². The van der Waals surface area contributed by atoms with Crippen LogP contribution in [0.2, 0.25) is 5.02 Å². The predicted molar refractivity (Wildman–Crippen MR) is 72.5 cm³/mol. The molecular weight excluding hydrogens is 238 g/mol. The van der Waals surface area contributed by atoms with E-state index in [9.17, 15) is 0 Å². The highest BCUT2D eigenvalue weighted by Crippen LogP contribution is 2.33. The fourth-order valence-electron chi connectivity index (χ4n) is 2.83. The van der Waals surface area contributed by atoms with Gasteiger partial charge in [-0.05, 0) is 37.8 Å². The van der Waals surface area contributed by atoms with Crippen molar-refractivity contribution in [3.8, 4) is 0 Å². The summed E-state index contributed by atoms with van der Waals surface area (Å²) in [7, 11) is 0. The number of hydrogen-bond acceptors (Lipinski definition) is 2. The van der Waals surface area contributed by atoms with E-state index in [1.807, 2.05) is 5.38 Å². The first kappa shape index (κ1) is 12.4. The normalized spacial score (nSPS) is 25.5. The van der Waals surface area contributed by atoms with Crippen molar-refractivity contribution in [2.45, 2.75) is 45.1 Å². The average Bonchev–Trinajstić information content (AvgIpc) is 2.76. The maximum Gasteiger partial charge on any atom is 0.0515 e. The summed E-state index contributed by atoms with van der Waals surface area (Å²) in [5.41, 5.74) is 0.336. The minimum atomic E-state index is 0.336. The molecule has 16 heavy (non-hydrogen) atoms. The zero-order chi connectivity index (χ0) is 11.6. The largest absolute Gasteiger partial charge is 0.311 e. The van der Waals surface area contributed by atoms with E-state index in [0.717, 1.165) is 17.4 Å². The summed E-state index contributed by atoms with van der Waals surface area (Å²) in [6.07, 6.45) is 5.03. The van der Waals surface area contributed by atoms with Crippen LogP contribution in [0.5, 0.6) is 0 Å². The van der Waals surface area contributed by atoms with E-state index in [0.29, 0.717) is 5.54 Å². The molecule has 2 rings (SSSR count). The van der Waals surface area contributed by atoms with E-state index in [-0.39, 0.29) is 0 Å². The lowest BCUT2D eigenvalue weighted by Gasteiger charge is -2.31. The molecule has 0 radical (unpaired) electrons. The summed E-state index contributed by atoms with van der Waals surface area (Å²) in [5.74, 6) is 0.751. The summed E-state index contributed by atoms with van der Waals surface area (Å²) in [4.78, 5) is 1.42. The SMILES string of the molecule is CC(C)CC1(Cc2cc(Cl)cs2)CCCN1. The molecule has 0 aliphatic carbocycles. The molecule has 0 bridgehead atoms. The lowest BCUT2D eigenvalue weighted by molar-refractivity contribution is 0.303. The lowest BCUT2D eigenvalue weighted by Crippen LogP contribution is -2.42. The minimum Gasteiger partial charge on any atom is -0.311 e. The van der Waals surface area contributed by atoms with Crippen molar-refractivity contribution < 1.29 is 0 Å². The quantitative estimate of drug-likeness (QED) is 0.856. The maximum atomic E-state index is 5.99. The molecule has 1 saturated heterocycles. The Morgan fingerprint density at radius 2 is 2.38 bits per heavy atom. The Labute approximate surface area is 107 Å². The molecule has 1 N–H and O–H groups in total. The van der Waals surface area contributed by atoms with E-state index in [1.165, 1.54) is 30.7 Å². The highest BCUT2D eigenvalue weighted by Gasteiger charge is 2.34. The zero-order valence-electron chi connectivity index (χ0n) is 10.1. The van der Waals surface area contributed by atoms with E-state index < -0.39 is 0 Å². The summed E-state index contributed by atoms with van der Waals surface area (Å²) in [6, 6.07) is 2.12. The van der Waals surface area contributed by atoms with Crippen LogP contribution < -0.4 is 5.32 Å². The molecule has 90 valence electrons. The van der Waals surface area contributed by atoms with Crippen LogP contribution in [0.3, 0.4) is 0 Å². The Kier molecular flexibility index (Phi) is 3.93. The topological polar surface area (TPSA) is 12.0 Å². The van der Waals surface area contributed by atoms with E-state index >= 15 is 0 Å². The van der Waals surface area contributed by atoms with Crippen LogP contribution in [0.15, 0.2) is 11.4 Å². The van der Waals surface area contributed by atoms with Crippen LogP contribution in [0.1, 0.15) is 38.0 Å². The molecule has 0 aromatic carbocycles. The first-order valence-electron chi connectivity index (χ1n) is 6.08. The third-order valence-electron chi connectivity index (χ3n) is 3.27. The van der Waals surface area contributed by atoms with Crippen molar-refractivity contribution in [2.24, 2.45) is 5.92 Å². The molecule has 0 spiro atoms. The summed E-state index contributed by atoms with van der Waals surface area (Å²) in [5, 5.41) is 6.65. The third-order valence-corrected chi connectivity index (χ3v) is 4.55. The first-order valence-corrected chi connectivity index (χ1v) is 7.33. The average molecular weight is 258 g/mol. The molecule has 0 saturated carbocycles. The maximum absolute atomic E-state index is 5.99. The highest BCUT2D eigenvalue weighted by molar-refractivity contribution is 7.10. The van der Waals surface area contributed by atoms with Gasteiger partial charge in [0.15, 0.2) is 0 Å². The molecular formula is C13H20ClNS. The van der Waals surface area contributed by atoms with Gasteiger partial charge in [0.05, 0.1) is 5.02 Å². The molecule has 1 fully saturated rings. The van der Waals surface area contributed by atoms with Crippen LogP contribution in [-0.2, 0) is 6.42 Å². The molecule has 0 amide bonds. The molecule has 1 unspecified atom stereocenters. The molecule has 2 heterocycles. The molecule has 3 heteroatoms. The highest BCUT2D eigenvalue weighted by atomic mass is 35.5. The molecule has 1 atom stereocenters. The number of hydrogen-bond donors (Lipinski definition) is 1. The van der Waals surface area contributed by atoms with E-state index in [2.05, 4.69) is 25.2 Å². The Balaban J connectivity index is 2.08. The van der Waals surface area contributed by atoms with Crippen LogP contribution in [0.25, 0.3) is 0 Å². The van der Waals surface area contributed by atoms with Crippen LogP contribution in [0.4, 0.5) is 0 Å². The third kappa shape index (κ3) is 2.99. The standard InChI is InChI=1S/C13H20ClNS/c1-10(2)7-13(4-3-5-15-13)8-12-6-11(14)9-16-12/h6,9-10,15H,3-5,7-8H2,1-2H3. The molecule has 1 aromatic heterocycles. The molecule has 1 aromatic rings. The lowest BCUT2D eigenvalue weighted by atomic mass is 9.84. The molecule has 1 aliphatic heterocycles. The number of thiophene rings is 1. The zero-order valence-corrected chi connectivity index (χ0v) is 11.6. The number of rotatable bonds is 4. The smallest absolute Gasteiger partial charge is 0.0515 e.